The van der Waals surface area contributed by atoms with E-state index in [4.69, 9.17) is 5.73 Å². The van der Waals surface area contributed by atoms with Crippen LogP contribution in [0.5, 0.6) is 0 Å². The molecule has 0 aliphatic rings. The molecule has 4 nitrogen and oxygen atoms in total. The van der Waals surface area contributed by atoms with Gasteiger partial charge in [0.05, 0.1) is 6.21 Å². The minimum Gasteiger partial charge on any atom is -0.399 e. The van der Waals surface area contributed by atoms with Crippen molar-refractivity contribution in [3.63, 3.8) is 0 Å². The number of amides is 1. The van der Waals surface area contributed by atoms with E-state index in [0.717, 1.165) is 10.4 Å². The number of nitrogen functional groups attached to an aromatic ring is 1. The van der Waals surface area contributed by atoms with Gasteiger partial charge in [0.25, 0.3) is 5.91 Å². The molecule has 0 aliphatic carbocycles. The summed E-state index contributed by atoms with van der Waals surface area (Å²) in [6.45, 7) is 2.00. The van der Waals surface area contributed by atoms with E-state index in [1.54, 1.807) is 41.8 Å². The van der Waals surface area contributed by atoms with Crippen molar-refractivity contribution >= 4 is 29.1 Å². The van der Waals surface area contributed by atoms with Crippen molar-refractivity contribution in [2.45, 2.75) is 6.92 Å². The van der Waals surface area contributed by atoms with Gasteiger partial charge in [-0.15, -0.1) is 11.3 Å². The smallest absolute Gasteiger partial charge is 0.271 e. The number of hydrogen-bond acceptors (Lipinski definition) is 4. The minimum atomic E-state index is -0.250. The third-order valence-corrected chi connectivity index (χ3v) is 3.38. The van der Waals surface area contributed by atoms with Gasteiger partial charge >= 0.3 is 0 Å². The Labute approximate surface area is 109 Å². The molecule has 0 saturated carbocycles. The second-order valence-corrected chi connectivity index (χ2v) is 4.74. The summed E-state index contributed by atoms with van der Waals surface area (Å²) in [5, 5.41) is 5.91. The zero-order valence-corrected chi connectivity index (χ0v) is 10.7. The predicted molar refractivity (Wildman–Crippen MR) is 75.0 cm³/mol. The van der Waals surface area contributed by atoms with Crippen LogP contribution in [0.4, 0.5) is 5.69 Å². The number of hydrogen-bond donors (Lipinski definition) is 2. The summed E-state index contributed by atoms with van der Waals surface area (Å²) in [4.78, 5) is 12.7. The number of nitrogens with one attached hydrogen (secondary N) is 1. The largest absolute Gasteiger partial charge is 0.399 e. The maximum absolute atomic E-state index is 11.7. The number of rotatable bonds is 3. The van der Waals surface area contributed by atoms with Crippen molar-refractivity contribution < 1.29 is 4.79 Å². The van der Waals surface area contributed by atoms with Crippen molar-refractivity contribution in [2.24, 2.45) is 5.10 Å². The molecule has 0 radical (unpaired) electrons. The molecule has 0 aliphatic heterocycles. The lowest BCUT2D eigenvalue weighted by molar-refractivity contribution is 0.0955. The van der Waals surface area contributed by atoms with E-state index in [0.29, 0.717) is 11.3 Å². The van der Waals surface area contributed by atoms with Crippen LogP contribution in [0.15, 0.2) is 40.8 Å². The first-order valence-corrected chi connectivity index (χ1v) is 6.28. The van der Waals surface area contributed by atoms with E-state index >= 15 is 0 Å². The molecule has 92 valence electrons. The highest BCUT2D eigenvalue weighted by Crippen LogP contribution is 2.12. The highest BCUT2D eigenvalue weighted by Gasteiger charge is 2.03. The molecular formula is C13H13N3OS. The van der Waals surface area contributed by atoms with Crippen molar-refractivity contribution in [3.8, 4) is 0 Å². The second-order valence-electron chi connectivity index (χ2n) is 3.79. The molecule has 5 heteroatoms. The molecule has 0 saturated heterocycles. The molecule has 0 atom stereocenters. The average Bonchev–Trinajstić information content (AvgIpc) is 2.76. The summed E-state index contributed by atoms with van der Waals surface area (Å²) in [6.07, 6.45) is 1.65. The van der Waals surface area contributed by atoms with Gasteiger partial charge in [-0.1, -0.05) is 0 Å². The summed E-state index contributed by atoms with van der Waals surface area (Å²) in [7, 11) is 0. The molecule has 0 unspecified atom stereocenters. The van der Waals surface area contributed by atoms with Crippen LogP contribution in [0.25, 0.3) is 0 Å². The molecule has 3 N–H and O–H groups in total. The van der Waals surface area contributed by atoms with Crippen molar-refractivity contribution in [3.05, 3.63) is 51.7 Å². The summed E-state index contributed by atoms with van der Waals surface area (Å²) >= 11 is 1.58. The van der Waals surface area contributed by atoms with Crippen molar-refractivity contribution in [2.75, 3.05) is 5.73 Å². The highest BCUT2D eigenvalue weighted by molar-refractivity contribution is 7.11. The fraction of sp³-hybridized carbons (Fsp3) is 0.0769. The molecule has 1 aromatic heterocycles. The van der Waals surface area contributed by atoms with Crippen LogP contribution in [-0.4, -0.2) is 12.1 Å². The van der Waals surface area contributed by atoms with Gasteiger partial charge in [-0.05, 0) is 48.2 Å². The Balaban J connectivity index is 1.98. The first-order valence-electron chi connectivity index (χ1n) is 5.40. The van der Waals surface area contributed by atoms with Gasteiger partial charge in [-0.2, -0.15) is 5.10 Å². The minimum absolute atomic E-state index is 0.250. The van der Waals surface area contributed by atoms with Gasteiger partial charge in [0, 0.05) is 16.1 Å². The zero-order valence-electron chi connectivity index (χ0n) is 9.88. The van der Waals surface area contributed by atoms with Crippen LogP contribution in [0, 0.1) is 6.92 Å². The van der Waals surface area contributed by atoms with Gasteiger partial charge in [0.2, 0.25) is 0 Å². The SMILES string of the molecule is Cc1ccsc1C=NNC(=O)c1ccc(N)cc1. The summed E-state index contributed by atoms with van der Waals surface area (Å²) in [5.74, 6) is -0.250. The molecule has 1 aromatic carbocycles. The van der Waals surface area contributed by atoms with Crippen LogP contribution in [-0.2, 0) is 0 Å². The normalized spacial score (nSPS) is 10.7. The number of anilines is 1. The van der Waals surface area contributed by atoms with E-state index in [1.165, 1.54) is 0 Å². The quantitative estimate of drug-likeness (QED) is 0.505. The van der Waals surface area contributed by atoms with E-state index in [-0.39, 0.29) is 5.91 Å². The number of hydrazone groups is 1. The number of nitrogens with two attached hydrogens (primary N) is 1. The van der Waals surface area contributed by atoms with E-state index in [9.17, 15) is 4.79 Å². The van der Waals surface area contributed by atoms with Crippen molar-refractivity contribution in [1.29, 1.82) is 0 Å². The van der Waals surface area contributed by atoms with Crippen LogP contribution < -0.4 is 11.2 Å². The van der Waals surface area contributed by atoms with Crippen LogP contribution in [0.1, 0.15) is 20.8 Å². The molecular weight excluding hydrogens is 246 g/mol. The number of benzene rings is 1. The average molecular weight is 259 g/mol. The summed E-state index contributed by atoms with van der Waals surface area (Å²) < 4.78 is 0. The first-order chi connectivity index (χ1) is 8.66. The Morgan fingerprint density at radius 3 is 2.67 bits per heavy atom. The second kappa shape index (κ2) is 5.46. The number of carbonyl (C=O) groups is 1. The Hall–Kier alpha value is -2.14. The van der Waals surface area contributed by atoms with Gasteiger partial charge in [-0.3, -0.25) is 4.79 Å². The highest BCUT2D eigenvalue weighted by atomic mass is 32.1. The fourth-order valence-corrected chi connectivity index (χ4v) is 2.15. The predicted octanol–water partition coefficient (Wildman–Crippen LogP) is 2.40. The molecule has 2 aromatic rings. The van der Waals surface area contributed by atoms with Crippen molar-refractivity contribution in [1.82, 2.24) is 5.43 Å². The van der Waals surface area contributed by atoms with E-state index in [2.05, 4.69) is 10.5 Å². The summed E-state index contributed by atoms with van der Waals surface area (Å²) in [6, 6.07) is 8.70. The van der Waals surface area contributed by atoms with Crippen LogP contribution in [0.3, 0.4) is 0 Å². The molecule has 0 fully saturated rings. The van der Waals surface area contributed by atoms with Crippen LogP contribution >= 0.6 is 11.3 Å². The third kappa shape index (κ3) is 2.95. The fourth-order valence-electron chi connectivity index (χ4n) is 1.37. The van der Waals surface area contributed by atoms with Gasteiger partial charge in [0.15, 0.2) is 0 Å². The monoisotopic (exact) mass is 259 g/mol. The number of thiophene rings is 1. The topological polar surface area (TPSA) is 67.5 Å². The first kappa shape index (κ1) is 12.3. The Kier molecular flexibility index (Phi) is 3.74. The molecule has 0 bridgehead atoms. The summed E-state index contributed by atoms with van der Waals surface area (Å²) in [5.41, 5.74) is 10.3. The lowest BCUT2D eigenvalue weighted by Gasteiger charge is -1.99. The van der Waals surface area contributed by atoms with Gasteiger partial charge in [-0.25, -0.2) is 5.43 Å². The Morgan fingerprint density at radius 2 is 2.06 bits per heavy atom. The maximum atomic E-state index is 11.7. The van der Waals surface area contributed by atoms with Gasteiger partial charge in [0.1, 0.15) is 0 Å². The van der Waals surface area contributed by atoms with Gasteiger partial charge < -0.3 is 5.73 Å². The number of carbonyl (C=O) groups excluding carboxylic acids is 1. The molecule has 2 rings (SSSR count). The molecule has 0 spiro atoms. The van der Waals surface area contributed by atoms with E-state index in [1.807, 2.05) is 18.4 Å². The number of aryl methyl sites for hydroxylation is 1. The lowest BCUT2D eigenvalue weighted by Crippen LogP contribution is -2.17. The number of nitrogens with zero attached hydrogens (tertiary/aromatic N) is 1. The zero-order chi connectivity index (χ0) is 13.0. The Morgan fingerprint density at radius 1 is 1.33 bits per heavy atom. The Bertz CT molecular complexity index is 572. The maximum Gasteiger partial charge on any atom is 0.271 e. The lowest BCUT2D eigenvalue weighted by atomic mass is 10.2. The third-order valence-electron chi connectivity index (χ3n) is 2.42. The molecule has 1 amide bonds. The van der Waals surface area contributed by atoms with E-state index < -0.39 is 0 Å². The standard InChI is InChI=1S/C13H13N3OS/c1-9-6-7-18-12(9)8-15-16-13(17)10-2-4-11(14)5-3-10/h2-8H,14H2,1H3,(H,16,17). The molecule has 1 heterocycles. The molecule has 18 heavy (non-hydrogen) atoms. The van der Waals surface area contributed by atoms with Crippen LogP contribution in [0.2, 0.25) is 0 Å².